The number of aromatic nitrogens is 2. The van der Waals surface area contributed by atoms with E-state index in [0.29, 0.717) is 41.2 Å². The minimum absolute atomic E-state index is 0.127. The van der Waals surface area contributed by atoms with Crippen molar-refractivity contribution < 1.29 is 18.7 Å². The molecule has 0 saturated heterocycles. The Kier molecular flexibility index (Phi) is 7.16. The number of anilines is 1. The predicted molar refractivity (Wildman–Crippen MR) is 127 cm³/mol. The van der Waals surface area contributed by atoms with Crippen LogP contribution in [0.2, 0.25) is 0 Å². The van der Waals surface area contributed by atoms with E-state index in [1.54, 1.807) is 17.5 Å². The predicted octanol–water partition coefficient (Wildman–Crippen LogP) is 4.56. The van der Waals surface area contributed by atoms with Crippen LogP contribution in [0.5, 0.6) is 5.75 Å². The number of nitrogens with zero attached hydrogens (tertiary/aromatic N) is 2. The third-order valence-corrected chi connectivity index (χ3v) is 6.13. The minimum Gasteiger partial charge on any atom is -0.486 e. The summed E-state index contributed by atoms with van der Waals surface area (Å²) >= 11 is 2.77. The Labute approximate surface area is 198 Å². The van der Waals surface area contributed by atoms with E-state index in [-0.39, 0.29) is 18.2 Å². The van der Waals surface area contributed by atoms with Crippen molar-refractivity contribution in [2.24, 2.45) is 0 Å². The van der Waals surface area contributed by atoms with Gasteiger partial charge in [0.1, 0.15) is 28.8 Å². The first-order valence-corrected chi connectivity index (χ1v) is 11.9. The number of ether oxygens (including phenoxy) is 1. The standard InChI is InChI=1S/C23H22N4O4S2/c1-14-3-5-17(6-4-14)30-11-22-25-16(12-32-22)9-21(29)27-23-26-19(13-33-23)20-8-7-18(31-20)10-24-15(2)28/h3-8,12-13H,9-11H2,1-2H3,(H,24,28)(H,26,27,29). The van der Waals surface area contributed by atoms with Crippen LogP contribution in [0.25, 0.3) is 11.5 Å². The summed E-state index contributed by atoms with van der Waals surface area (Å²) in [5, 5.41) is 10.4. The molecule has 3 aromatic heterocycles. The van der Waals surface area contributed by atoms with Gasteiger partial charge in [0.2, 0.25) is 11.8 Å². The molecule has 0 atom stereocenters. The van der Waals surface area contributed by atoms with Crippen molar-refractivity contribution in [2.45, 2.75) is 33.4 Å². The average Bonchev–Trinajstić information content (AvgIpc) is 3.53. The second-order valence-corrected chi connectivity index (χ2v) is 9.07. The number of aryl methyl sites for hydroxylation is 1. The number of rotatable bonds is 9. The van der Waals surface area contributed by atoms with Crippen molar-refractivity contribution in [2.75, 3.05) is 5.32 Å². The first kappa shape index (κ1) is 22.7. The number of furan rings is 1. The highest BCUT2D eigenvalue weighted by atomic mass is 32.1. The van der Waals surface area contributed by atoms with Crippen LogP contribution in [0.3, 0.4) is 0 Å². The summed E-state index contributed by atoms with van der Waals surface area (Å²) in [6.07, 6.45) is 0.150. The largest absolute Gasteiger partial charge is 0.486 e. The molecule has 0 unspecified atom stereocenters. The molecule has 3 heterocycles. The Morgan fingerprint density at radius 1 is 1.06 bits per heavy atom. The highest BCUT2D eigenvalue weighted by Gasteiger charge is 2.13. The van der Waals surface area contributed by atoms with Gasteiger partial charge in [-0.15, -0.1) is 22.7 Å². The highest BCUT2D eigenvalue weighted by molar-refractivity contribution is 7.14. The van der Waals surface area contributed by atoms with Crippen molar-refractivity contribution in [3.05, 3.63) is 69.2 Å². The van der Waals surface area contributed by atoms with Crippen LogP contribution in [0.4, 0.5) is 5.13 Å². The van der Waals surface area contributed by atoms with Gasteiger partial charge >= 0.3 is 0 Å². The first-order chi connectivity index (χ1) is 15.9. The van der Waals surface area contributed by atoms with Gasteiger partial charge in [0.25, 0.3) is 0 Å². The van der Waals surface area contributed by atoms with E-state index in [0.717, 1.165) is 10.8 Å². The number of hydrogen-bond donors (Lipinski definition) is 2. The summed E-state index contributed by atoms with van der Waals surface area (Å²) < 4.78 is 11.4. The maximum atomic E-state index is 12.4. The number of hydrogen-bond acceptors (Lipinski definition) is 8. The van der Waals surface area contributed by atoms with Gasteiger partial charge in [-0.3, -0.25) is 9.59 Å². The van der Waals surface area contributed by atoms with E-state index < -0.39 is 0 Å². The first-order valence-electron chi connectivity index (χ1n) is 10.2. The third kappa shape index (κ3) is 6.50. The molecule has 8 nitrogen and oxygen atoms in total. The van der Waals surface area contributed by atoms with Crippen molar-refractivity contribution in [3.63, 3.8) is 0 Å². The second kappa shape index (κ2) is 10.4. The van der Waals surface area contributed by atoms with Crippen LogP contribution >= 0.6 is 22.7 Å². The second-order valence-electron chi connectivity index (χ2n) is 7.27. The van der Waals surface area contributed by atoms with Crippen LogP contribution in [-0.4, -0.2) is 21.8 Å². The van der Waals surface area contributed by atoms with E-state index in [1.165, 1.54) is 35.2 Å². The fourth-order valence-corrected chi connectivity index (χ4v) is 4.29. The molecule has 4 aromatic rings. The lowest BCUT2D eigenvalue weighted by atomic mass is 10.2. The smallest absolute Gasteiger partial charge is 0.232 e. The van der Waals surface area contributed by atoms with Crippen molar-refractivity contribution >= 4 is 39.6 Å². The lowest BCUT2D eigenvalue weighted by molar-refractivity contribution is -0.119. The molecule has 0 saturated carbocycles. The van der Waals surface area contributed by atoms with E-state index in [2.05, 4.69) is 20.6 Å². The number of benzene rings is 1. The van der Waals surface area contributed by atoms with E-state index in [9.17, 15) is 9.59 Å². The molecule has 2 amide bonds. The number of carbonyl (C=O) groups is 2. The lowest BCUT2D eigenvalue weighted by Crippen LogP contribution is -2.18. The van der Waals surface area contributed by atoms with Crippen LogP contribution in [0.15, 0.2) is 51.6 Å². The zero-order valence-corrected chi connectivity index (χ0v) is 19.7. The van der Waals surface area contributed by atoms with Gasteiger partial charge < -0.3 is 19.8 Å². The molecule has 2 N–H and O–H groups in total. The topological polar surface area (TPSA) is 106 Å². The monoisotopic (exact) mass is 482 g/mol. The Balaban J connectivity index is 1.28. The molecule has 33 heavy (non-hydrogen) atoms. The van der Waals surface area contributed by atoms with Gasteiger partial charge in [0.15, 0.2) is 10.9 Å². The van der Waals surface area contributed by atoms with Crippen LogP contribution in [0, 0.1) is 6.92 Å². The summed E-state index contributed by atoms with van der Waals surface area (Å²) in [6.45, 7) is 4.15. The summed E-state index contributed by atoms with van der Waals surface area (Å²) in [7, 11) is 0. The number of nitrogens with one attached hydrogen (secondary N) is 2. The molecule has 0 fully saturated rings. The summed E-state index contributed by atoms with van der Waals surface area (Å²) in [5.74, 6) is 1.67. The van der Waals surface area contributed by atoms with E-state index in [4.69, 9.17) is 9.15 Å². The van der Waals surface area contributed by atoms with Gasteiger partial charge in [-0.1, -0.05) is 17.7 Å². The summed E-state index contributed by atoms with van der Waals surface area (Å²) in [4.78, 5) is 32.3. The van der Waals surface area contributed by atoms with Gasteiger partial charge in [0, 0.05) is 17.7 Å². The summed E-state index contributed by atoms with van der Waals surface area (Å²) in [6, 6.07) is 11.4. The Hall–Kier alpha value is -3.50. The van der Waals surface area contributed by atoms with E-state index >= 15 is 0 Å². The molecule has 4 rings (SSSR count). The highest BCUT2D eigenvalue weighted by Crippen LogP contribution is 2.27. The average molecular weight is 483 g/mol. The SMILES string of the molecule is CC(=O)NCc1ccc(-c2csc(NC(=O)Cc3csc(COc4ccc(C)cc4)n3)n2)o1. The molecule has 0 aliphatic rings. The number of amides is 2. The van der Waals surface area contributed by atoms with Crippen LogP contribution in [-0.2, 0) is 29.2 Å². The molecule has 0 spiro atoms. The molecule has 1 aromatic carbocycles. The zero-order chi connectivity index (χ0) is 23.2. The number of thiazole rings is 2. The van der Waals surface area contributed by atoms with Gasteiger partial charge in [0.05, 0.1) is 18.7 Å². The third-order valence-electron chi connectivity index (χ3n) is 4.50. The Bertz CT molecular complexity index is 1240. The number of carbonyl (C=O) groups excluding carboxylic acids is 2. The van der Waals surface area contributed by atoms with Crippen molar-refractivity contribution in [1.29, 1.82) is 0 Å². The molecule has 0 aliphatic carbocycles. The molecule has 170 valence electrons. The Morgan fingerprint density at radius 3 is 2.67 bits per heavy atom. The van der Waals surface area contributed by atoms with Crippen LogP contribution in [0.1, 0.15) is 28.9 Å². The maximum absolute atomic E-state index is 12.4. The molecular weight excluding hydrogens is 460 g/mol. The quantitative estimate of drug-likeness (QED) is 0.362. The normalized spacial score (nSPS) is 10.7. The van der Waals surface area contributed by atoms with Gasteiger partial charge in [-0.25, -0.2) is 9.97 Å². The minimum atomic E-state index is -0.196. The van der Waals surface area contributed by atoms with Crippen molar-refractivity contribution in [1.82, 2.24) is 15.3 Å². The molecule has 0 bridgehead atoms. The maximum Gasteiger partial charge on any atom is 0.232 e. The molecule has 0 aliphatic heterocycles. The Morgan fingerprint density at radius 2 is 1.88 bits per heavy atom. The fraction of sp³-hybridized carbons (Fsp3) is 0.217. The lowest BCUT2D eigenvalue weighted by Gasteiger charge is -2.03. The van der Waals surface area contributed by atoms with Crippen LogP contribution < -0.4 is 15.4 Å². The fourth-order valence-electron chi connectivity index (χ4n) is 2.87. The summed E-state index contributed by atoms with van der Waals surface area (Å²) in [5.41, 5.74) is 2.48. The zero-order valence-electron chi connectivity index (χ0n) is 18.1. The van der Waals surface area contributed by atoms with Gasteiger partial charge in [-0.05, 0) is 31.2 Å². The van der Waals surface area contributed by atoms with Gasteiger partial charge in [-0.2, -0.15) is 0 Å². The molecular formula is C23H22N4O4S2. The molecule has 10 heteroatoms. The van der Waals surface area contributed by atoms with E-state index in [1.807, 2.05) is 36.6 Å². The molecule has 0 radical (unpaired) electrons. The van der Waals surface area contributed by atoms with Crippen molar-refractivity contribution in [3.8, 4) is 17.2 Å².